The van der Waals surface area contributed by atoms with Crippen LogP contribution in [0.5, 0.6) is 0 Å². The van der Waals surface area contributed by atoms with Crippen LogP contribution in [0.3, 0.4) is 0 Å². The molecule has 0 fully saturated rings. The third-order valence-electron chi connectivity index (χ3n) is 3.14. The Morgan fingerprint density at radius 3 is 2.45 bits per heavy atom. The van der Waals surface area contributed by atoms with Crippen LogP contribution in [0.25, 0.3) is 16.5 Å². The van der Waals surface area contributed by atoms with Crippen LogP contribution in [0.4, 0.5) is 13.2 Å². The molecule has 0 aliphatic rings. The van der Waals surface area contributed by atoms with Gasteiger partial charge in [0.25, 0.3) is 0 Å². The highest BCUT2D eigenvalue weighted by Crippen LogP contribution is 2.34. The average Bonchev–Trinajstić information content (AvgIpc) is 2.91. The molecule has 3 aromatic rings. The van der Waals surface area contributed by atoms with Crippen molar-refractivity contribution >= 4 is 16.7 Å². The van der Waals surface area contributed by atoms with Crippen molar-refractivity contribution < 1.29 is 23.1 Å². The van der Waals surface area contributed by atoms with Gasteiger partial charge in [0.15, 0.2) is 5.69 Å². The van der Waals surface area contributed by atoms with Gasteiger partial charge in [-0.3, -0.25) is 0 Å². The topological polar surface area (TPSA) is 68.0 Å². The Morgan fingerprint density at radius 1 is 1.09 bits per heavy atom. The minimum Gasteiger partial charge on any atom is -0.476 e. The Balaban J connectivity index is 2.35. The first-order valence-electron chi connectivity index (χ1n) is 6.14. The minimum absolute atomic E-state index is 0.116. The lowest BCUT2D eigenvalue weighted by molar-refractivity contribution is -0.143. The molecule has 0 amide bonds. The highest BCUT2D eigenvalue weighted by atomic mass is 19.4. The molecule has 0 saturated heterocycles. The van der Waals surface area contributed by atoms with E-state index in [0.29, 0.717) is 15.5 Å². The van der Waals surface area contributed by atoms with Gasteiger partial charge in [0.1, 0.15) is 0 Å². The maximum Gasteiger partial charge on any atom is 0.436 e. The Hall–Kier alpha value is -2.90. The highest BCUT2D eigenvalue weighted by molar-refractivity contribution is 5.91. The van der Waals surface area contributed by atoms with Crippen LogP contribution in [-0.4, -0.2) is 26.1 Å². The number of nitrogens with zero attached hydrogens (tertiary/aromatic N) is 3. The van der Waals surface area contributed by atoms with Gasteiger partial charge < -0.3 is 5.11 Å². The van der Waals surface area contributed by atoms with Gasteiger partial charge in [-0.25, -0.2) is 9.48 Å². The summed E-state index contributed by atoms with van der Waals surface area (Å²) < 4.78 is 40.2. The first-order valence-corrected chi connectivity index (χ1v) is 6.14. The zero-order valence-electron chi connectivity index (χ0n) is 10.9. The number of hydrogen-bond donors (Lipinski definition) is 1. The van der Waals surface area contributed by atoms with Gasteiger partial charge >= 0.3 is 12.1 Å². The van der Waals surface area contributed by atoms with E-state index in [4.69, 9.17) is 5.11 Å². The number of aromatic nitrogens is 3. The molecule has 0 radical (unpaired) electrons. The number of alkyl halides is 3. The van der Waals surface area contributed by atoms with Crippen LogP contribution in [0.1, 0.15) is 16.2 Å². The third kappa shape index (κ3) is 2.18. The maximum atomic E-state index is 13.2. The molecule has 1 aromatic heterocycles. The molecule has 22 heavy (non-hydrogen) atoms. The number of carboxylic acid groups (broad SMARTS) is 1. The lowest BCUT2D eigenvalue weighted by Crippen LogP contribution is -2.17. The van der Waals surface area contributed by atoms with Gasteiger partial charge in [0, 0.05) is 5.39 Å². The highest BCUT2D eigenvalue weighted by Gasteiger charge is 2.42. The van der Waals surface area contributed by atoms with Gasteiger partial charge in [0.2, 0.25) is 5.69 Å². The molecule has 0 atom stereocenters. The Bertz CT molecular complexity index is 866. The molecule has 1 heterocycles. The molecule has 0 spiro atoms. The van der Waals surface area contributed by atoms with E-state index in [1.165, 1.54) is 6.07 Å². The monoisotopic (exact) mass is 307 g/mol. The van der Waals surface area contributed by atoms with Gasteiger partial charge in [-0.1, -0.05) is 41.6 Å². The normalized spacial score (nSPS) is 11.8. The van der Waals surface area contributed by atoms with Crippen LogP contribution < -0.4 is 0 Å². The molecule has 0 bridgehead atoms. The van der Waals surface area contributed by atoms with Crippen molar-refractivity contribution in [2.24, 2.45) is 0 Å². The van der Waals surface area contributed by atoms with Crippen molar-refractivity contribution in [2.75, 3.05) is 0 Å². The predicted molar refractivity (Wildman–Crippen MR) is 70.8 cm³/mol. The van der Waals surface area contributed by atoms with E-state index in [9.17, 15) is 18.0 Å². The largest absolute Gasteiger partial charge is 0.476 e. The smallest absolute Gasteiger partial charge is 0.436 e. The molecular formula is C14H8F3N3O2. The summed E-state index contributed by atoms with van der Waals surface area (Å²) in [6, 6.07) is 11.5. The fraction of sp³-hybridized carbons (Fsp3) is 0.0714. The first-order chi connectivity index (χ1) is 10.4. The number of aromatic carboxylic acids is 1. The number of halogens is 3. The molecule has 0 aliphatic carbocycles. The molecule has 112 valence electrons. The Labute approximate surface area is 121 Å². The summed E-state index contributed by atoms with van der Waals surface area (Å²) in [5.41, 5.74) is -2.41. The number of rotatable bonds is 2. The molecular weight excluding hydrogens is 299 g/mol. The van der Waals surface area contributed by atoms with E-state index < -0.39 is 23.5 Å². The standard InChI is InChI=1S/C14H8F3N3O2/c15-14(16,17)12-11(13(21)22)18-19-20(12)10-7-3-5-8-4-1-2-6-9(8)10/h1-7H,(H,21,22). The van der Waals surface area contributed by atoms with Gasteiger partial charge in [-0.2, -0.15) is 13.2 Å². The van der Waals surface area contributed by atoms with Crippen molar-refractivity contribution in [2.45, 2.75) is 6.18 Å². The van der Waals surface area contributed by atoms with E-state index in [2.05, 4.69) is 10.3 Å². The van der Waals surface area contributed by atoms with Crippen molar-refractivity contribution in [3.63, 3.8) is 0 Å². The van der Waals surface area contributed by atoms with E-state index in [0.717, 1.165) is 0 Å². The van der Waals surface area contributed by atoms with Crippen molar-refractivity contribution in [1.29, 1.82) is 0 Å². The number of carboxylic acids is 1. The van der Waals surface area contributed by atoms with Crippen molar-refractivity contribution in [3.8, 4) is 5.69 Å². The maximum absolute atomic E-state index is 13.2. The van der Waals surface area contributed by atoms with Crippen molar-refractivity contribution in [1.82, 2.24) is 15.0 Å². The van der Waals surface area contributed by atoms with Crippen molar-refractivity contribution in [3.05, 3.63) is 53.9 Å². The average molecular weight is 307 g/mol. The fourth-order valence-electron chi connectivity index (χ4n) is 2.24. The number of benzene rings is 2. The number of carbonyl (C=O) groups is 1. The van der Waals surface area contributed by atoms with E-state index in [1.54, 1.807) is 36.4 Å². The van der Waals surface area contributed by atoms with E-state index >= 15 is 0 Å². The zero-order valence-corrected chi connectivity index (χ0v) is 10.9. The van der Waals surface area contributed by atoms with Crippen LogP contribution in [0.2, 0.25) is 0 Å². The van der Waals surface area contributed by atoms with Crippen LogP contribution >= 0.6 is 0 Å². The molecule has 8 heteroatoms. The molecule has 3 rings (SSSR count). The minimum atomic E-state index is -4.89. The molecule has 1 N–H and O–H groups in total. The Morgan fingerprint density at radius 2 is 1.77 bits per heavy atom. The number of hydrogen-bond acceptors (Lipinski definition) is 3. The molecule has 5 nitrogen and oxygen atoms in total. The molecule has 2 aromatic carbocycles. The van der Waals surface area contributed by atoms with Gasteiger partial charge in [0.05, 0.1) is 5.69 Å². The predicted octanol–water partition coefficient (Wildman–Crippen LogP) is 3.14. The zero-order chi connectivity index (χ0) is 15.9. The summed E-state index contributed by atoms with van der Waals surface area (Å²) in [5, 5.41) is 16.7. The second kappa shape index (κ2) is 4.83. The van der Waals surface area contributed by atoms with Gasteiger partial charge in [-0.15, -0.1) is 5.10 Å². The summed E-state index contributed by atoms with van der Waals surface area (Å²) >= 11 is 0. The quantitative estimate of drug-likeness (QED) is 0.789. The van der Waals surface area contributed by atoms with Crippen LogP contribution in [-0.2, 0) is 6.18 Å². The summed E-state index contributed by atoms with van der Waals surface area (Å²) in [5.74, 6) is -1.78. The summed E-state index contributed by atoms with van der Waals surface area (Å²) in [7, 11) is 0. The van der Waals surface area contributed by atoms with Gasteiger partial charge in [-0.05, 0) is 11.5 Å². The fourth-order valence-corrected chi connectivity index (χ4v) is 2.24. The SMILES string of the molecule is O=C(O)c1nnn(-c2cccc3ccccc23)c1C(F)(F)F. The third-order valence-corrected chi connectivity index (χ3v) is 3.14. The summed E-state index contributed by atoms with van der Waals surface area (Å²) in [6.45, 7) is 0. The van der Waals surface area contributed by atoms with E-state index in [1.807, 2.05) is 0 Å². The molecule has 0 unspecified atom stereocenters. The first kappa shape index (κ1) is 14.1. The number of fused-ring (bicyclic) bond motifs is 1. The second-order valence-electron chi connectivity index (χ2n) is 4.50. The lowest BCUT2D eigenvalue weighted by atomic mass is 10.1. The lowest BCUT2D eigenvalue weighted by Gasteiger charge is -2.12. The summed E-state index contributed by atoms with van der Waals surface area (Å²) in [6.07, 6.45) is -4.89. The van der Waals surface area contributed by atoms with E-state index in [-0.39, 0.29) is 5.69 Å². The summed E-state index contributed by atoms with van der Waals surface area (Å²) in [4.78, 5) is 11.0. The van der Waals surface area contributed by atoms with Crippen LogP contribution in [0, 0.1) is 0 Å². The van der Waals surface area contributed by atoms with Crippen LogP contribution in [0.15, 0.2) is 42.5 Å². The molecule has 0 aliphatic heterocycles. The molecule has 0 saturated carbocycles. The second-order valence-corrected chi connectivity index (χ2v) is 4.50. The Kier molecular flexibility index (Phi) is 3.09.